The van der Waals surface area contributed by atoms with Crippen molar-refractivity contribution < 1.29 is 0 Å². The molecule has 1 aromatic rings. The standard InChI is InChI=1S/C12H20N2/c1-10-6-4-5-7-11(10)12(13)8-9-14(2)3/h4-7,12H,8-9,13H2,1-3H3. The molecule has 2 heteroatoms. The third-order valence-corrected chi connectivity index (χ3v) is 2.48. The smallest absolute Gasteiger partial charge is 0.0309 e. The van der Waals surface area contributed by atoms with Crippen LogP contribution in [0.1, 0.15) is 23.6 Å². The van der Waals surface area contributed by atoms with Gasteiger partial charge in [-0.15, -0.1) is 0 Å². The van der Waals surface area contributed by atoms with Crippen LogP contribution in [0.4, 0.5) is 0 Å². The van der Waals surface area contributed by atoms with E-state index >= 15 is 0 Å². The zero-order valence-electron chi connectivity index (χ0n) is 9.33. The Hall–Kier alpha value is -0.860. The zero-order chi connectivity index (χ0) is 10.6. The van der Waals surface area contributed by atoms with Gasteiger partial charge in [-0.05, 0) is 45.1 Å². The number of aryl methyl sites for hydroxylation is 1. The number of nitrogens with two attached hydrogens (primary N) is 1. The van der Waals surface area contributed by atoms with Gasteiger partial charge in [0.25, 0.3) is 0 Å². The van der Waals surface area contributed by atoms with Crippen molar-refractivity contribution in [3.63, 3.8) is 0 Å². The molecule has 0 spiro atoms. The van der Waals surface area contributed by atoms with E-state index in [9.17, 15) is 0 Å². The van der Waals surface area contributed by atoms with Crippen LogP contribution < -0.4 is 5.73 Å². The van der Waals surface area contributed by atoms with Crippen molar-refractivity contribution in [2.75, 3.05) is 20.6 Å². The van der Waals surface area contributed by atoms with Gasteiger partial charge in [-0.1, -0.05) is 24.3 Å². The minimum Gasteiger partial charge on any atom is -0.324 e. The van der Waals surface area contributed by atoms with Gasteiger partial charge in [0.2, 0.25) is 0 Å². The molecule has 1 atom stereocenters. The van der Waals surface area contributed by atoms with E-state index in [-0.39, 0.29) is 6.04 Å². The molecule has 2 N–H and O–H groups in total. The second kappa shape index (κ2) is 5.13. The van der Waals surface area contributed by atoms with Crippen LogP contribution in [0.2, 0.25) is 0 Å². The molecule has 0 amide bonds. The van der Waals surface area contributed by atoms with Gasteiger partial charge in [0, 0.05) is 6.04 Å². The number of nitrogens with zero attached hydrogens (tertiary/aromatic N) is 1. The normalized spacial score (nSPS) is 13.2. The van der Waals surface area contributed by atoms with Crippen molar-refractivity contribution in [2.45, 2.75) is 19.4 Å². The molecule has 1 aromatic carbocycles. The Bertz CT molecular complexity index is 281. The molecule has 1 unspecified atom stereocenters. The molecule has 0 aromatic heterocycles. The fraction of sp³-hybridized carbons (Fsp3) is 0.500. The van der Waals surface area contributed by atoms with E-state index < -0.39 is 0 Å². The molecule has 14 heavy (non-hydrogen) atoms. The lowest BCUT2D eigenvalue weighted by molar-refractivity contribution is 0.382. The highest BCUT2D eigenvalue weighted by Gasteiger charge is 2.07. The second-order valence-electron chi connectivity index (χ2n) is 4.06. The minimum absolute atomic E-state index is 0.165. The van der Waals surface area contributed by atoms with Crippen LogP contribution in [0.5, 0.6) is 0 Å². The van der Waals surface area contributed by atoms with Crippen LogP contribution in [0.25, 0.3) is 0 Å². The van der Waals surface area contributed by atoms with Crippen molar-refractivity contribution in [3.8, 4) is 0 Å². The molecule has 0 aliphatic rings. The Morgan fingerprint density at radius 3 is 2.50 bits per heavy atom. The summed E-state index contributed by atoms with van der Waals surface area (Å²) < 4.78 is 0. The summed E-state index contributed by atoms with van der Waals surface area (Å²) in [6, 6.07) is 8.51. The average molecular weight is 192 g/mol. The zero-order valence-corrected chi connectivity index (χ0v) is 9.33. The average Bonchev–Trinajstić information content (AvgIpc) is 2.15. The Kier molecular flexibility index (Phi) is 4.11. The lowest BCUT2D eigenvalue weighted by Crippen LogP contribution is -2.20. The third-order valence-electron chi connectivity index (χ3n) is 2.48. The number of hydrogen-bond donors (Lipinski definition) is 1. The van der Waals surface area contributed by atoms with E-state index in [2.05, 4.69) is 50.2 Å². The first-order valence-electron chi connectivity index (χ1n) is 5.07. The van der Waals surface area contributed by atoms with E-state index in [1.54, 1.807) is 0 Å². The Balaban J connectivity index is 2.60. The topological polar surface area (TPSA) is 29.3 Å². The quantitative estimate of drug-likeness (QED) is 0.790. The molecule has 1 rings (SSSR count). The molecule has 0 saturated carbocycles. The van der Waals surface area contributed by atoms with Gasteiger partial charge in [0.1, 0.15) is 0 Å². The Morgan fingerprint density at radius 2 is 1.93 bits per heavy atom. The maximum absolute atomic E-state index is 6.12. The molecule has 0 fully saturated rings. The van der Waals surface area contributed by atoms with Gasteiger partial charge in [0.05, 0.1) is 0 Å². The fourth-order valence-electron chi connectivity index (χ4n) is 1.56. The fourth-order valence-corrected chi connectivity index (χ4v) is 1.56. The predicted molar refractivity (Wildman–Crippen MR) is 61.3 cm³/mol. The Morgan fingerprint density at radius 1 is 1.29 bits per heavy atom. The molecule has 0 radical (unpaired) electrons. The highest BCUT2D eigenvalue weighted by Crippen LogP contribution is 2.17. The van der Waals surface area contributed by atoms with Gasteiger partial charge >= 0.3 is 0 Å². The van der Waals surface area contributed by atoms with Crippen LogP contribution in [-0.2, 0) is 0 Å². The summed E-state index contributed by atoms with van der Waals surface area (Å²) in [5.74, 6) is 0. The third kappa shape index (κ3) is 3.13. The van der Waals surface area contributed by atoms with Crippen LogP contribution >= 0.6 is 0 Å². The van der Waals surface area contributed by atoms with E-state index in [4.69, 9.17) is 5.73 Å². The van der Waals surface area contributed by atoms with Crippen molar-refractivity contribution in [2.24, 2.45) is 5.73 Å². The van der Waals surface area contributed by atoms with Gasteiger partial charge in [-0.3, -0.25) is 0 Å². The molecule has 78 valence electrons. The number of rotatable bonds is 4. The summed E-state index contributed by atoms with van der Waals surface area (Å²) in [4.78, 5) is 2.16. The van der Waals surface area contributed by atoms with Crippen molar-refractivity contribution >= 4 is 0 Å². The number of hydrogen-bond acceptors (Lipinski definition) is 2. The van der Waals surface area contributed by atoms with Crippen molar-refractivity contribution in [1.82, 2.24) is 4.90 Å². The van der Waals surface area contributed by atoms with Crippen LogP contribution in [0.3, 0.4) is 0 Å². The highest BCUT2D eigenvalue weighted by molar-refractivity contribution is 5.28. The first-order valence-corrected chi connectivity index (χ1v) is 5.07. The van der Waals surface area contributed by atoms with E-state index in [1.807, 2.05) is 0 Å². The van der Waals surface area contributed by atoms with E-state index in [0.717, 1.165) is 13.0 Å². The molecule has 0 aliphatic carbocycles. The second-order valence-corrected chi connectivity index (χ2v) is 4.06. The molecule has 0 heterocycles. The van der Waals surface area contributed by atoms with Gasteiger partial charge in [-0.25, -0.2) is 0 Å². The maximum atomic E-state index is 6.12. The van der Waals surface area contributed by atoms with Gasteiger partial charge in [-0.2, -0.15) is 0 Å². The van der Waals surface area contributed by atoms with Gasteiger partial charge in [0.15, 0.2) is 0 Å². The molecule has 0 aliphatic heterocycles. The Labute approximate surface area is 86.7 Å². The van der Waals surface area contributed by atoms with Crippen molar-refractivity contribution in [1.29, 1.82) is 0 Å². The minimum atomic E-state index is 0.165. The largest absolute Gasteiger partial charge is 0.324 e. The number of benzene rings is 1. The van der Waals surface area contributed by atoms with Crippen LogP contribution in [0, 0.1) is 6.92 Å². The first kappa shape index (κ1) is 11.2. The van der Waals surface area contributed by atoms with Gasteiger partial charge < -0.3 is 10.6 Å². The van der Waals surface area contributed by atoms with E-state index in [1.165, 1.54) is 11.1 Å². The van der Waals surface area contributed by atoms with Crippen LogP contribution in [0.15, 0.2) is 24.3 Å². The highest BCUT2D eigenvalue weighted by atomic mass is 15.0. The van der Waals surface area contributed by atoms with Crippen molar-refractivity contribution in [3.05, 3.63) is 35.4 Å². The first-order chi connectivity index (χ1) is 6.61. The summed E-state index contributed by atoms with van der Waals surface area (Å²) in [6.07, 6.45) is 1.01. The predicted octanol–water partition coefficient (Wildman–Crippen LogP) is 1.95. The molecule has 2 nitrogen and oxygen atoms in total. The summed E-state index contributed by atoms with van der Waals surface area (Å²) in [5.41, 5.74) is 8.68. The molecular weight excluding hydrogens is 172 g/mol. The molecular formula is C12H20N2. The SMILES string of the molecule is Cc1ccccc1C(N)CCN(C)C. The summed E-state index contributed by atoms with van der Waals surface area (Å²) >= 11 is 0. The maximum Gasteiger partial charge on any atom is 0.0309 e. The monoisotopic (exact) mass is 192 g/mol. The summed E-state index contributed by atoms with van der Waals surface area (Å²) in [5, 5.41) is 0. The lowest BCUT2D eigenvalue weighted by atomic mass is 9.99. The van der Waals surface area contributed by atoms with E-state index in [0.29, 0.717) is 0 Å². The molecule has 0 bridgehead atoms. The lowest BCUT2D eigenvalue weighted by Gasteiger charge is -2.17. The summed E-state index contributed by atoms with van der Waals surface area (Å²) in [6.45, 7) is 3.15. The van der Waals surface area contributed by atoms with Crippen LogP contribution in [-0.4, -0.2) is 25.5 Å². The molecule has 0 saturated heterocycles. The summed E-state index contributed by atoms with van der Waals surface area (Å²) in [7, 11) is 4.15.